The monoisotopic (exact) mass is 345 g/mol. The molecule has 0 aromatic heterocycles. The minimum Gasteiger partial charge on any atom is -0.497 e. The third-order valence-corrected chi connectivity index (χ3v) is 4.89. The van der Waals surface area contributed by atoms with Crippen molar-refractivity contribution < 1.29 is 9.47 Å². The summed E-state index contributed by atoms with van der Waals surface area (Å²) in [5.74, 6) is 1.85. The smallest absolute Gasteiger partial charge is 0.130 e. The molecule has 0 saturated heterocycles. The van der Waals surface area contributed by atoms with Crippen molar-refractivity contribution in [3.8, 4) is 33.8 Å². The van der Waals surface area contributed by atoms with Gasteiger partial charge in [-0.2, -0.15) is 0 Å². The van der Waals surface area contributed by atoms with Gasteiger partial charge in [0.15, 0.2) is 0 Å². The van der Waals surface area contributed by atoms with E-state index in [9.17, 15) is 0 Å². The Balaban J connectivity index is 1.82. The lowest BCUT2D eigenvalue weighted by Gasteiger charge is -2.14. The van der Waals surface area contributed by atoms with Crippen molar-refractivity contribution in [2.24, 2.45) is 5.73 Å². The van der Waals surface area contributed by atoms with Crippen LogP contribution in [0, 0.1) is 0 Å². The van der Waals surface area contributed by atoms with Crippen molar-refractivity contribution in [2.45, 2.75) is 18.9 Å². The summed E-state index contributed by atoms with van der Waals surface area (Å²) in [4.78, 5) is 0. The second kappa shape index (κ2) is 7.22. The fourth-order valence-corrected chi connectivity index (χ4v) is 3.56. The van der Waals surface area contributed by atoms with E-state index in [1.54, 1.807) is 7.11 Å². The van der Waals surface area contributed by atoms with Crippen LogP contribution in [-0.4, -0.2) is 19.8 Å². The molecule has 26 heavy (non-hydrogen) atoms. The Hall–Kier alpha value is -2.78. The van der Waals surface area contributed by atoms with Gasteiger partial charge < -0.3 is 15.2 Å². The molecule has 1 aliphatic rings. The number of methoxy groups -OCH3 is 1. The van der Waals surface area contributed by atoms with Gasteiger partial charge >= 0.3 is 0 Å². The predicted octanol–water partition coefficient (Wildman–Crippen LogP) is 4.68. The van der Waals surface area contributed by atoms with E-state index in [4.69, 9.17) is 15.2 Å². The molecule has 132 valence electrons. The van der Waals surface area contributed by atoms with Crippen LogP contribution in [0.4, 0.5) is 0 Å². The standard InChI is InChI=1S/C23H23NO2/c1-25-20-9-7-17(8-10-20)22-15-18(16-5-3-2-4-6-16)13-19-14-21(11-12-24)26-23(19)22/h2-10,13,15,21H,11-12,14,24H2,1H3. The van der Waals surface area contributed by atoms with Gasteiger partial charge in [-0.3, -0.25) is 0 Å². The van der Waals surface area contributed by atoms with Crippen molar-refractivity contribution in [1.29, 1.82) is 0 Å². The molecule has 1 unspecified atom stereocenters. The molecule has 0 fully saturated rings. The molecule has 3 aromatic carbocycles. The Bertz CT molecular complexity index is 888. The van der Waals surface area contributed by atoms with Gasteiger partial charge in [-0.05, 0) is 59.5 Å². The number of fused-ring (bicyclic) bond motifs is 1. The van der Waals surface area contributed by atoms with Crippen molar-refractivity contribution >= 4 is 0 Å². The lowest BCUT2D eigenvalue weighted by Crippen LogP contribution is -2.17. The van der Waals surface area contributed by atoms with Crippen molar-refractivity contribution in [2.75, 3.05) is 13.7 Å². The molecule has 4 rings (SSSR count). The summed E-state index contributed by atoms with van der Waals surface area (Å²) in [6.07, 6.45) is 1.95. The topological polar surface area (TPSA) is 44.5 Å². The average Bonchev–Trinajstić information content (AvgIpc) is 3.11. The third-order valence-electron chi connectivity index (χ3n) is 4.89. The maximum absolute atomic E-state index is 6.27. The number of benzene rings is 3. The van der Waals surface area contributed by atoms with Crippen LogP contribution in [0.5, 0.6) is 11.5 Å². The van der Waals surface area contributed by atoms with Gasteiger partial charge in [-0.15, -0.1) is 0 Å². The summed E-state index contributed by atoms with van der Waals surface area (Å²) in [6, 6.07) is 23.1. The van der Waals surface area contributed by atoms with Crippen LogP contribution >= 0.6 is 0 Å². The first-order valence-corrected chi connectivity index (χ1v) is 9.02. The Morgan fingerprint density at radius 1 is 0.962 bits per heavy atom. The van der Waals surface area contributed by atoms with Crippen LogP contribution in [0.2, 0.25) is 0 Å². The van der Waals surface area contributed by atoms with Crippen LogP contribution in [-0.2, 0) is 6.42 Å². The lowest BCUT2D eigenvalue weighted by molar-refractivity contribution is 0.225. The Labute approximate surface area is 154 Å². The van der Waals surface area contributed by atoms with E-state index in [0.29, 0.717) is 6.54 Å². The number of ether oxygens (including phenoxy) is 2. The SMILES string of the molecule is COc1ccc(-c2cc(-c3ccccc3)cc3c2OC(CCN)C3)cc1. The fourth-order valence-electron chi connectivity index (χ4n) is 3.56. The van der Waals surface area contributed by atoms with E-state index in [-0.39, 0.29) is 6.10 Å². The Kier molecular flexibility index (Phi) is 4.63. The normalized spacial score (nSPS) is 15.4. The van der Waals surface area contributed by atoms with E-state index >= 15 is 0 Å². The first-order chi connectivity index (χ1) is 12.8. The van der Waals surface area contributed by atoms with Gasteiger partial charge in [0.1, 0.15) is 17.6 Å². The first-order valence-electron chi connectivity index (χ1n) is 9.02. The highest BCUT2D eigenvalue weighted by molar-refractivity contribution is 5.80. The van der Waals surface area contributed by atoms with Gasteiger partial charge in [-0.1, -0.05) is 42.5 Å². The van der Waals surface area contributed by atoms with Crippen molar-refractivity contribution in [3.05, 3.63) is 72.3 Å². The minimum atomic E-state index is 0.165. The summed E-state index contributed by atoms with van der Waals surface area (Å²) < 4.78 is 11.6. The Morgan fingerprint density at radius 3 is 2.42 bits per heavy atom. The highest BCUT2D eigenvalue weighted by Crippen LogP contribution is 2.42. The quantitative estimate of drug-likeness (QED) is 0.730. The molecule has 0 aliphatic carbocycles. The molecule has 0 saturated carbocycles. The molecular weight excluding hydrogens is 322 g/mol. The summed E-state index contributed by atoms with van der Waals surface area (Å²) in [7, 11) is 1.68. The van der Waals surface area contributed by atoms with Crippen LogP contribution in [0.15, 0.2) is 66.7 Å². The average molecular weight is 345 g/mol. The number of hydrogen-bond acceptors (Lipinski definition) is 3. The molecule has 1 atom stereocenters. The van der Waals surface area contributed by atoms with E-state index in [1.807, 2.05) is 18.2 Å². The molecule has 1 heterocycles. The van der Waals surface area contributed by atoms with Crippen molar-refractivity contribution in [1.82, 2.24) is 0 Å². The van der Waals surface area contributed by atoms with Gasteiger partial charge in [0.25, 0.3) is 0 Å². The number of nitrogens with two attached hydrogens (primary N) is 1. The third kappa shape index (κ3) is 3.18. The maximum atomic E-state index is 6.27. The Morgan fingerprint density at radius 2 is 1.73 bits per heavy atom. The first kappa shape index (κ1) is 16.7. The van der Waals surface area contributed by atoms with Crippen LogP contribution in [0.25, 0.3) is 22.3 Å². The highest BCUT2D eigenvalue weighted by atomic mass is 16.5. The number of hydrogen-bond donors (Lipinski definition) is 1. The predicted molar refractivity (Wildman–Crippen MR) is 106 cm³/mol. The summed E-state index contributed by atoms with van der Waals surface area (Å²) in [5, 5.41) is 0. The van der Waals surface area contributed by atoms with Crippen molar-refractivity contribution in [3.63, 3.8) is 0 Å². The molecule has 3 aromatic rings. The number of rotatable bonds is 5. The van der Waals surface area contributed by atoms with E-state index < -0.39 is 0 Å². The molecule has 0 amide bonds. The molecule has 2 N–H and O–H groups in total. The second-order valence-corrected chi connectivity index (χ2v) is 6.63. The zero-order valence-corrected chi connectivity index (χ0v) is 14.9. The fraction of sp³-hybridized carbons (Fsp3) is 0.217. The molecule has 0 spiro atoms. The largest absolute Gasteiger partial charge is 0.497 e. The molecule has 0 radical (unpaired) electrons. The molecule has 0 bridgehead atoms. The highest BCUT2D eigenvalue weighted by Gasteiger charge is 2.26. The zero-order chi connectivity index (χ0) is 17.9. The zero-order valence-electron chi connectivity index (χ0n) is 14.9. The second-order valence-electron chi connectivity index (χ2n) is 6.63. The summed E-state index contributed by atoms with van der Waals surface area (Å²) in [6.45, 7) is 0.641. The summed E-state index contributed by atoms with van der Waals surface area (Å²) >= 11 is 0. The lowest BCUT2D eigenvalue weighted by atomic mass is 9.94. The van der Waals surface area contributed by atoms with E-state index in [1.165, 1.54) is 16.7 Å². The van der Waals surface area contributed by atoms with Crippen LogP contribution < -0.4 is 15.2 Å². The van der Waals surface area contributed by atoms with Gasteiger partial charge in [0.2, 0.25) is 0 Å². The maximum Gasteiger partial charge on any atom is 0.130 e. The van der Waals surface area contributed by atoms with E-state index in [2.05, 4.69) is 48.5 Å². The minimum absolute atomic E-state index is 0.165. The van der Waals surface area contributed by atoms with Crippen LogP contribution in [0.3, 0.4) is 0 Å². The molecule has 3 heteroatoms. The molecule has 3 nitrogen and oxygen atoms in total. The van der Waals surface area contributed by atoms with Gasteiger partial charge in [0.05, 0.1) is 7.11 Å². The molecule has 1 aliphatic heterocycles. The van der Waals surface area contributed by atoms with E-state index in [0.717, 1.165) is 35.5 Å². The molecular formula is C23H23NO2. The summed E-state index contributed by atoms with van der Waals surface area (Å²) in [5.41, 5.74) is 11.7. The van der Waals surface area contributed by atoms with Crippen LogP contribution in [0.1, 0.15) is 12.0 Å². The van der Waals surface area contributed by atoms with Gasteiger partial charge in [-0.25, -0.2) is 0 Å². The van der Waals surface area contributed by atoms with Gasteiger partial charge in [0, 0.05) is 12.0 Å².